The first-order valence-electron chi connectivity index (χ1n) is 22.2. The maximum atomic E-state index is 12.6. The van der Waals surface area contributed by atoms with E-state index in [1.807, 2.05) is 0 Å². The van der Waals surface area contributed by atoms with Crippen LogP contribution in [0, 0.1) is 0 Å². The van der Waals surface area contributed by atoms with Gasteiger partial charge in [-0.05, 0) is 38.5 Å². The molecule has 0 rings (SSSR count). The molecule has 0 saturated heterocycles. The largest absolute Gasteiger partial charge is 0.480 e. The van der Waals surface area contributed by atoms with E-state index in [9.17, 15) is 23.8 Å². The lowest BCUT2D eigenvalue weighted by molar-refractivity contribution is -0.161. The monoisotopic (exact) mass is 804 g/mol. The van der Waals surface area contributed by atoms with Gasteiger partial charge in [-0.3, -0.25) is 23.4 Å². The molecule has 0 aromatic rings. The summed E-state index contributed by atoms with van der Waals surface area (Å²) in [5.41, 5.74) is 5.33. The third kappa shape index (κ3) is 38.9. The summed E-state index contributed by atoms with van der Waals surface area (Å²) in [6, 6.07) is -1.52. The molecule has 0 aliphatic rings. The zero-order chi connectivity index (χ0) is 40.7. The van der Waals surface area contributed by atoms with E-state index in [4.69, 9.17) is 24.8 Å². The van der Waals surface area contributed by atoms with Crippen LogP contribution in [-0.2, 0) is 37.5 Å². The molecule has 324 valence electrons. The second-order valence-electron chi connectivity index (χ2n) is 15.2. The number of nitrogens with two attached hydrogens (primary N) is 1. The van der Waals surface area contributed by atoms with Gasteiger partial charge in [-0.1, -0.05) is 174 Å². The fraction of sp³-hybridized carbons (Fsp3) is 0.884. The fourth-order valence-corrected chi connectivity index (χ4v) is 7.02. The topological polar surface area (TPSA) is 172 Å². The number of unbranched alkanes of at least 4 members (excludes halogenated alkanes) is 26. The van der Waals surface area contributed by atoms with E-state index < -0.39 is 51.1 Å². The van der Waals surface area contributed by atoms with Gasteiger partial charge in [-0.15, -0.1) is 0 Å². The van der Waals surface area contributed by atoms with Crippen LogP contribution in [0.4, 0.5) is 0 Å². The van der Waals surface area contributed by atoms with Crippen molar-refractivity contribution in [3.8, 4) is 0 Å². The molecule has 0 amide bonds. The van der Waals surface area contributed by atoms with Crippen LogP contribution in [0.2, 0.25) is 0 Å². The molecule has 12 heteroatoms. The number of ether oxygens (including phenoxy) is 2. The highest BCUT2D eigenvalue weighted by Gasteiger charge is 2.28. The molecule has 1 unspecified atom stereocenters. The van der Waals surface area contributed by atoms with Crippen LogP contribution in [-0.4, -0.2) is 59.9 Å². The molecule has 0 saturated carbocycles. The highest BCUT2D eigenvalue weighted by atomic mass is 31.2. The number of rotatable bonds is 42. The number of aliphatic carboxylic acids is 1. The summed E-state index contributed by atoms with van der Waals surface area (Å²) in [5.74, 6) is -2.38. The van der Waals surface area contributed by atoms with Crippen molar-refractivity contribution in [1.82, 2.24) is 0 Å². The lowest BCUT2D eigenvalue weighted by Gasteiger charge is -2.20. The number of carboxylic acid groups (broad SMARTS) is 1. The fourth-order valence-electron chi connectivity index (χ4n) is 6.24. The number of carbonyl (C=O) groups excluding carboxylic acids is 2. The molecule has 0 bridgehead atoms. The molecule has 0 spiro atoms. The Morgan fingerprint density at radius 2 is 0.909 bits per heavy atom. The molecule has 0 heterocycles. The van der Waals surface area contributed by atoms with Crippen LogP contribution in [0.15, 0.2) is 12.2 Å². The van der Waals surface area contributed by atoms with Gasteiger partial charge in [0.15, 0.2) is 6.10 Å². The number of carboxylic acids is 1. The van der Waals surface area contributed by atoms with Gasteiger partial charge in [0.05, 0.1) is 13.2 Å². The minimum atomic E-state index is -4.71. The first-order chi connectivity index (χ1) is 26.6. The van der Waals surface area contributed by atoms with Crippen LogP contribution < -0.4 is 5.73 Å². The zero-order valence-electron chi connectivity index (χ0n) is 35.0. The Labute approximate surface area is 335 Å². The van der Waals surface area contributed by atoms with Crippen molar-refractivity contribution in [2.75, 3.05) is 19.8 Å². The molecule has 0 aromatic carbocycles. The second-order valence-corrected chi connectivity index (χ2v) is 16.6. The second kappa shape index (κ2) is 39.1. The van der Waals surface area contributed by atoms with E-state index in [1.54, 1.807) is 0 Å². The van der Waals surface area contributed by atoms with Gasteiger partial charge in [0.2, 0.25) is 0 Å². The quantitative estimate of drug-likeness (QED) is 0.0232. The van der Waals surface area contributed by atoms with Gasteiger partial charge >= 0.3 is 25.7 Å². The summed E-state index contributed by atoms with van der Waals surface area (Å²) in [4.78, 5) is 45.9. The molecule has 0 aliphatic carbocycles. The molecule has 4 N–H and O–H groups in total. The highest BCUT2D eigenvalue weighted by Crippen LogP contribution is 2.43. The van der Waals surface area contributed by atoms with Gasteiger partial charge in [0, 0.05) is 12.8 Å². The number of phosphoric acid groups is 1. The number of phosphoric ester groups is 1. The first kappa shape index (κ1) is 53.2. The van der Waals surface area contributed by atoms with Crippen molar-refractivity contribution in [3.63, 3.8) is 0 Å². The summed E-state index contributed by atoms with van der Waals surface area (Å²) >= 11 is 0. The van der Waals surface area contributed by atoms with Crippen molar-refractivity contribution in [1.29, 1.82) is 0 Å². The highest BCUT2D eigenvalue weighted by molar-refractivity contribution is 7.47. The Balaban J connectivity index is 4.34. The standard InChI is InChI=1S/C43H82NO10P/c1-3-5-7-9-11-13-15-17-19-21-22-24-26-28-30-32-34-41(45)51-36-39(37-52-55(49,50)53-38-40(44)43(47)48)54-42(46)35-33-31-29-27-25-23-20-18-16-14-12-10-8-6-4-2/h23,25,39-40H,3-22,24,26-38,44H2,1-2H3,(H,47,48)(H,49,50)/b25-23+/t39-,40+/m1/s1. The van der Waals surface area contributed by atoms with Crippen LogP contribution in [0.5, 0.6) is 0 Å². The lowest BCUT2D eigenvalue weighted by atomic mass is 10.0. The summed E-state index contributed by atoms with van der Waals surface area (Å²) < 4.78 is 32.7. The van der Waals surface area contributed by atoms with Crippen molar-refractivity contribution >= 4 is 25.7 Å². The average Bonchev–Trinajstić information content (AvgIpc) is 3.16. The van der Waals surface area contributed by atoms with E-state index in [2.05, 4.69) is 30.5 Å². The molecule has 55 heavy (non-hydrogen) atoms. The number of hydrogen-bond donors (Lipinski definition) is 3. The molecule has 0 radical (unpaired) electrons. The van der Waals surface area contributed by atoms with Crippen LogP contribution in [0.25, 0.3) is 0 Å². The van der Waals surface area contributed by atoms with Crippen molar-refractivity contribution < 1.29 is 47.5 Å². The Hall–Kier alpha value is -1.78. The first-order valence-corrected chi connectivity index (χ1v) is 23.7. The summed E-state index contributed by atoms with van der Waals surface area (Å²) in [5, 5.41) is 8.88. The Morgan fingerprint density at radius 3 is 1.35 bits per heavy atom. The van der Waals surface area contributed by atoms with Gasteiger partial charge in [-0.2, -0.15) is 0 Å². The summed E-state index contributed by atoms with van der Waals surface area (Å²) in [7, 11) is -4.71. The number of carbonyl (C=O) groups is 3. The molecule has 11 nitrogen and oxygen atoms in total. The minimum absolute atomic E-state index is 0.145. The average molecular weight is 804 g/mol. The van der Waals surface area contributed by atoms with Gasteiger partial charge in [0.1, 0.15) is 12.6 Å². The van der Waals surface area contributed by atoms with Crippen molar-refractivity contribution in [2.45, 2.75) is 225 Å². The van der Waals surface area contributed by atoms with E-state index in [0.29, 0.717) is 12.8 Å². The maximum absolute atomic E-state index is 12.6. The normalized spacial score (nSPS) is 13.8. The Kier molecular flexibility index (Phi) is 37.8. The van der Waals surface area contributed by atoms with E-state index >= 15 is 0 Å². The predicted molar refractivity (Wildman–Crippen MR) is 222 cm³/mol. The third-order valence-electron chi connectivity index (χ3n) is 9.76. The lowest BCUT2D eigenvalue weighted by Crippen LogP contribution is -2.34. The van der Waals surface area contributed by atoms with E-state index in [0.717, 1.165) is 44.9 Å². The molecule has 0 aromatic heterocycles. The Morgan fingerprint density at radius 1 is 0.545 bits per heavy atom. The predicted octanol–water partition coefficient (Wildman–Crippen LogP) is 11.7. The SMILES string of the molecule is CCCCCCCCCC/C=C/CCCCCC(=O)O[C@H](COC(=O)CCCCCCCCCCCCCCCCCC)COP(=O)(O)OC[C@H](N)C(=O)O. The number of esters is 2. The number of allylic oxidation sites excluding steroid dienone is 2. The molecule has 0 aliphatic heterocycles. The number of hydrogen-bond acceptors (Lipinski definition) is 9. The van der Waals surface area contributed by atoms with Crippen LogP contribution in [0.3, 0.4) is 0 Å². The third-order valence-corrected chi connectivity index (χ3v) is 10.7. The van der Waals surface area contributed by atoms with Crippen molar-refractivity contribution in [2.24, 2.45) is 5.73 Å². The van der Waals surface area contributed by atoms with Gasteiger partial charge in [0.25, 0.3) is 0 Å². The van der Waals surface area contributed by atoms with Gasteiger partial charge < -0.3 is 25.2 Å². The molecular formula is C43H82NO10P. The molecule has 0 fully saturated rings. The zero-order valence-corrected chi connectivity index (χ0v) is 35.9. The minimum Gasteiger partial charge on any atom is -0.480 e. The molecular weight excluding hydrogens is 721 g/mol. The molecule has 3 atom stereocenters. The smallest absolute Gasteiger partial charge is 0.472 e. The van der Waals surface area contributed by atoms with Crippen LogP contribution in [0.1, 0.15) is 213 Å². The summed E-state index contributed by atoms with van der Waals surface area (Å²) in [6.07, 6.45) is 38.4. The van der Waals surface area contributed by atoms with Crippen molar-refractivity contribution in [3.05, 3.63) is 12.2 Å². The van der Waals surface area contributed by atoms with E-state index in [1.165, 1.54) is 128 Å². The van der Waals surface area contributed by atoms with E-state index in [-0.39, 0.29) is 19.4 Å². The Bertz CT molecular complexity index is 995. The van der Waals surface area contributed by atoms with Gasteiger partial charge in [-0.25, -0.2) is 4.57 Å². The maximum Gasteiger partial charge on any atom is 0.472 e. The summed E-state index contributed by atoms with van der Waals surface area (Å²) in [6.45, 7) is 2.81. The van der Waals surface area contributed by atoms with Crippen LogP contribution >= 0.6 is 7.82 Å².